The maximum atomic E-state index is 11.7. The Morgan fingerprint density at radius 3 is 2.61 bits per heavy atom. The Kier molecular flexibility index (Phi) is 2.67. The van der Waals surface area contributed by atoms with Crippen LogP contribution in [0.5, 0.6) is 0 Å². The zero-order valence-corrected chi connectivity index (χ0v) is 11.6. The first-order chi connectivity index (χ1) is 8.46. The number of benzene rings is 1. The molecule has 4 nitrogen and oxygen atoms in total. The van der Waals surface area contributed by atoms with E-state index < -0.39 is 9.84 Å². The van der Waals surface area contributed by atoms with Crippen LogP contribution in [0.3, 0.4) is 0 Å². The standard InChI is InChI=1S/C12H14N2O2S2/c1-8-2-4-9(5-3-8)14-10-6-18(15,16)7-11(10)17-12(14)13/h2-5,10-11,13H,6-7H2,1H3. The number of aryl methyl sites for hydroxylation is 1. The molecule has 0 radical (unpaired) electrons. The summed E-state index contributed by atoms with van der Waals surface area (Å²) in [5, 5.41) is 8.50. The minimum atomic E-state index is -2.94. The number of thioether (sulfide) groups is 1. The van der Waals surface area contributed by atoms with Gasteiger partial charge >= 0.3 is 0 Å². The lowest BCUT2D eigenvalue weighted by atomic mass is 10.1. The second-order valence-corrected chi connectivity index (χ2v) is 8.19. The van der Waals surface area contributed by atoms with E-state index in [0.29, 0.717) is 5.17 Å². The van der Waals surface area contributed by atoms with Crippen molar-refractivity contribution in [3.63, 3.8) is 0 Å². The number of fused-ring (bicyclic) bond motifs is 1. The minimum Gasteiger partial charge on any atom is -0.316 e. The lowest BCUT2D eigenvalue weighted by Crippen LogP contribution is -2.37. The van der Waals surface area contributed by atoms with E-state index in [4.69, 9.17) is 5.41 Å². The van der Waals surface area contributed by atoms with E-state index in [9.17, 15) is 8.42 Å². The van der Waals surface area contributed by atoms with Crippen LogP contribution < -0.4 is 4.90 Å². The summed E-state index contributed by atoms with van der Waals surface area (Å²) in [5.41, 5.74) is 2.08. The molecule has 0 amide bonds. The van der Waals surface area contributed by atoms with E-state index in [0.717, 1.165) is 11.3 Å². The van der Waals surface area contributed by atoms with Gasteiger partial charge in [0, 0.05) is 10.9 Å². The number of sulfone groups is 1. The van der Waals surface area contributed by atoms with Gasteiger partial charge in [-0.25, -0.2) is 8.42 Å². The Hall–Kier alpha value is -1.01. The first kappa shape index (κ1) is 12.0. The number of anilines is 1. The van der Waals surface area contributed by atoms with Gasteiger partial charge in [-0.05, 0) is 19.1 Å². The molecular formula is C12H14N2O2S2. The molecule has 2 unspecified atom stereocenters. The Morgan fingerprint density at radius 2 is 1.94 bits per heavy atom. The van der Waals surface area contributed by atoms with Gasteiger partial charge in [-0.15, -0.1) is 0 Å². The molecule has 1 aromatic rings. The number of rotatable bonds is 1. The van der Waals surface area contributed by atoms with E-state index in [2.05, 4.69) is 0 Å². The molecule has 0 aliphatic carbocycles. The molecule has 1 N–H and O–H groups in total. The monoisotopic (exact) mass is 282 g/mol. The largest absolute Gasteiger partial charge is 0.316 e. The Morgan fingerprint density at radius 1 is 1.28 bits per heavy atom. The number of nitrogens with one attached hydrogen (secondary N) is 1. The van der Waals surface area contributed by atoms with Crippen LogP contribution in [0.15, 0.2) is 24.3 Å². The van der Waals surface area contributed by atoms with Gasteiger partial charge in [-0.3, -0.25) is 5.41 Å². The first-order valence-corrected chi connectivity index (χ1v) is 8.48. The van der Waals surface area contributed by atoms with Gasteiger partial charge in [0.1, 0.15) is 0 Å². The highest BCUT2D eigenvalue weighted by atomic mass is 32.2. The molecule has 6 heteroatoms. The summed E-state index contributed by atoms with van der Waals surface area (Å²) in [6.45, 7) is 2.01. The highest BCUT2D eigenvalue weighted by Crippen LogP contribution is 2.40. The van der Waals surface area contributed by atoms with Gasteiger partial charge in [-0.1, -0.05) is 29.5 Å². The van der Waals surface area contributed by atoms with Crippen LogP contribution in [0, 0.1) is 12.3 Å². The minimum absolute atomic E-state index is 0.0174. The summed E-state index contributed by atoms with van der Waals surface area (Å²) >= 11 is 1.38. The van der Waals surface area contributed by atoms with Crippen LogP contribution in [0.4, 0.5) is 5.69 Å². The van der Waals surface area contributed by atoms with Crippen molar-refractivity contribution in [1.82, 2.24) is 0 Å². The fourth-order valence-electron chi connectivity index (χ4n) is 2.52. The van der Waals surface area contributed by atoms with Crippen molar-refractivity contribution >= 4 is 32.5 Å². The highest BCUT2D eigenvalue weighted by Gasteiger charge is 2.48. The third kappa shape index (κ3) is 1.93. The second kappa shape index (κ2) is 3.99. The average molecular weight is 282 g/mol. The Balaban J connectivity index is 1.96. The fraction of sp³-hybridized carbons (Fsp3) is 0.417. The van der Waals surface area contributed by atoms with Gasteiger partial charge in [0.2, 0.25) is 0 Å². The van der Waals surface area contributed by atoms with E-state index in [1.807, 2.05) is 36.1 Å². The van der Waals surface area contributed by atoms with Crippen molar-refractivity contribution in [2.24, 2.45) is 0 Å². The normalized spacial score (nSPS) is 29.6. The molecule has 2 aliphatic rings. The molecule has 18 heavy (non-hydrogen) atoms. The van der Waals surface area contributed by atoms with Crippen LogP contribution in [-0.4, -0.2) is 36.4 Å². The zero-order valence-electron chi connectivity index (χ0n) is 9.96. The van der Waals surface area contributed by atoms with Gasteiger partial charge < -0.3 is 4.90 Å². The van der Waals surface area contributed by atoms with Crippen LogP contribution in [-0.2, 0) is 9.84 Å². The number of hydrogen-bond donors (Lipinski definition) is 1. The topological polar surface area (TPSA) is 61.2 Å². The summed E-state index contributed by atoms with van der Waals surface area (Å²) in [4.78, 5) is 1.86. The van der Waals surface area contributed by atoms with Crippen LogP contribution >= 0.6 is 11.8 Å². The molecule has 2 fully saturated rings. The van der Waals surface area contributed by atoms with Crippen molar-refractivity contribution in [1.29, 1.82) is 5.41 Å². The van der Waals surface area contributed by atoms with E-state index in [1.165, 1.54) is 11.8 Å². The molecule has 0 bridgehead atoms. The molecule has 0 aromatic heterocycles. The average Bonchev–Trinajstić information content (AvgIpc) is 2.70. The van der Waals surface area contributed by atoms with Gasteiger partial charge in [-0.2, -0.15) is 0 Å². The molecule has 0 saturated carbocycles. The van der Waals surface area contributed by atoms with Crippen molar-refractivity contribution in [2.75, 3.05) is 16.4 Å². The molecule has 2 atom stereocenters. The molecular weight excluding hydrogens is 268 g/mol. The molecule has 3 rings (SSSR count). The Labute approximate surface area is 111 Å². The summed E-state index contributed by atoms with van der Waals surface area (Å²) in [7, 11) is -2.94. The summed E-state index contributed by atoms with van der Waals surface area (Å²) in [5.74, 6) is 0.369. The number of amidine groups is 1. The van der Waals surface area contributed by atoms with Crippen molar-refractivity contribution in [3.05, 3.63) is 29.8 Å². The molecule has 2 aliphatic heterocycles. The smallest absolute Gasteiger partial charge is 0.161 e. The maximum Gasteiger partial charge on any atom is 0.161 e. The molecule has 1 aromatic carbocycles. The lowest BCUT2D eigenvalue weighted by molar-refractivity contribution is 0.601. The maximum absolute atomic E-state index is 11.7. The number of hydrogen-bond acceptors (Lipinski definition) is 4. The van der Waals surface area contributed by atoms with Crippen LogP contribution in [0.1, 0.15) is 5.56 Å². The first-order valence-electron chi connectivity index (χ1n) is 5.78. The van der Waals surface area contributed by atoms with Crippen molar-refractivity contribution in [2.45, 2.75) is 18.2 Å². The predicted molar refractivity (Wildman–Crippen MR) is 75.2 cm³/mol. The quantitative estimate of drug-likeness (QED) is 0.851. The van der Waals surface area contributed by atoms with Crippen molar-refractivity contribution < 1.29 is 8.42 Å². The SMILES string of the molecule is Cc1ccc(N2C(=N)SC3CS(=O)(=O)CC32)cc1. The van der Waals surface area contributed by atoms with Crippen LogP contribution in [0.2, 0.25) is 0 Å². The van der Waals surface area contributed by atoms with Crippen LogP contribution in [0.25, 0.3) is 0 Å². The summed E-state index contributed by atoms with van der Waals surface area (Å²) in [6.07, 6.45) is 0. The van der Waals surface area contributed by atoms with E-state index >= 15 is 0 Å². The number of nitrogens with zero attached hydrogens (tertiary/aromatic N) is 1. The molecule has 0 spiro atoms. The predicted octanol–water partition coefficient (Wildman–Crippen LogP) is 1.65. The Bertz CT molecular complexity index is 595. The molecule has 2 heterocycles. The third-order valence-electron chi connectivity index (χ3n) is 3.40. The second-order valence-electron chi connectivity index (χ2n) is 4.81. The molecule has 2 saturated heterocycles. The van der Waals surface area contributed by atoms with E-state index in [1.54, 1.807) is 0 Å². The third-order valence-corrected chi connectivity index (χ3v) is 6.53. The molecule has 96 valence electrons. The highest BCUT2D eigenvalue weighted by molar-refractivity contribution is 8.15. The van der Waals surface area contributed by atoms with Gasteiger partial charge in [0.05, 0.1) is 17.5 Å². The van der Waals surface area contributed by atoms with Crippen molar-refractivity contribution in [3.8, 4) is 0 Å². The van der Waals surface area contributed by atoms with E-state index in [-0.39, 0.29) is 22.8 Å². The summed E-state index contributed by atoms with van der Waals surface area (Å²) in [6, 6.07) is 7.82. The zero-order chi connectivity index (χ0) is 12.9. The van der Waals surface area contributed by atoms with Gasteiger partial charge in [0.25, 0.3) is 0 Å². The lowest BCUT2D eigenvalue weighted by Gasteiger charge is -2.23. The van der Waals surface area contributed by atoms with Gasteiger partial charge in [0.15, 0.2) is 15.0 Å². The fourth-order valence-corrected chi connectivity index (χ4v) is 6.31. The summed E-state index contributed by atoms with van der Waals surface area (Å²) < 4.78 is 23.3.